The maximum atomic E-state index is 13.1. The molecule has 1 aliphatic rings. The SMILES string of the molecule is CC(C)N1C(=O)[C@](C)(CS(=O)(=O)c2ccccc2)c2ccccc21. The number of anilines is 1. The van der Waals surface area contributed by atoms with Crippen molar-refractivity contribution in [2.45, 2.75) is 37.1 Å². The minimum absolute atomic E-state index is 0.0279. The molecule has 0 N–H and O–H groups in total. The van der Waals surface area contributed by atoms with E-state index in [0.29, 0.717) is 0 Å². The van der Waals surface area contributed by atoms with Crippen molar-refractivity contribution < 1.29 is 13.2 Å². The van der Waals surface area contributed by atoms with Crippen LogP contribution in [0.15, 0.2) is 59.5 Å². The van der Waals surface area contributed by atoms with E-state index < -0.39 is 15.3 Å². The van der Waals surface area contributed by atoms with E-state index in [1.54, 1.807) is 42.2 Å². The summed E-state index contributed by atoms with van der Waals surface area (Å²) in [6.07, 6.45) is 0. The van der Waals surface area contributed by atoms with Crippen molar-refractivity contribution in [3.05, 3.63) is 60.2 Å². The fourth-order valence-corrected chi connectivity index (χ4v) is 5.16. The standard InChI is InChI=1S/C19H21NO3S/c1-14(2)20-17-12-8-7-11-16(17)19(3,18(20)21)13-24(22,23)15-9-5-4-6-10-15/h4-12,14H,13H2,1-3H3/t19-/m1/s1. The summed E-state index contributed by atoms with van der Waals surface area (Å²) in [5.74, 6) is -0.387. The van der Waals surface area contributed by atoms with Crippen molar-refractivity contribution in [3.63, 3.8) is 0 Å². The van der Waals surface area contributed by atoms with Crippen LogP contribution < -0.4 is 4.90 Å². The van der Waals surface area contributed by atoms with Crippen LogP contribution in [-0.4, -0.2) is 26.1 Å². The highest BCUT2D eigenvalue weighted by Crippen LogP contribution is 2.44. The summed E-state index contributed by atoms with van der Waals surface area (Å²) in [5, 5.41) is 0. The molecule has 0 aromatic heterocycles. The van der Waals surface area contributed by atoms with Gasteiger partial charge in [-0.2, -0.15) is 0 Å². The first kappa shape index (κ1) is 16.7. The second kappa shape index (κ2) is 5.74. The Morgan fingerprint density at radius 3 is 2.21 bits per heavy atom. The van der Waals surface area contributed by atoms with E-state index in [-0.39, 0.29) is 22.6 Å². The molecule has 5 heteroatoms. The summed E-state index contributed by atoms with van der Waals surface area (Å²) >= 11 is 0. The minimum atomic E-state index is -3.57. The van der Waals surface area contributed by atoms with Crippen LogP contribution >= 0.6 is 0 Å². The Hall–Kier alpha value is -2.14. The van der Waals surface area contributed by atoms with Crippen LogP contribution in [0.2, 0.25) is 0 Å². The van der Waals surface area contributed by atoms with Crippen molar-refractivity contribution >= 4 is 21.4 Å². The Balaban J connectivity index is 2.09. The van der Waals surface area contributed by atoms with Gasteiger partial charge >= 0.3 is 0 Å². The molecule has 0 unspecified atom stereocenters. The van der Waals surface area contributed by atoms with E-state index in [0.717, 1.165) is 11.3 Å². The molecule has 0 bridgehead atoms. The van der Waals surface area contributed by atoms with Gasteiger partial charge in [0.2, 0.25) is 5.91 Å². The zero-order chi connectivity index (χ0) is 17.5. The van der Waals surface area contributed by atoms with Crippen molar-refractivity contribution in [2.24, 2.45) is 0 Å². The highest BCUT2D eigenvalue weighted by atomic mass is 32.2. The Kier molecular flexibility index (Phi) is 4.00. The van der Waals surface area contributed by atoms with Gasteiger partial charge in [0.1, 0.15) is 0 Å². The molecule has 24 heavy (non-hydrogen) atoms. The molecule has 0 fully saturated rings. The third-order valence-electron chi connectivity index (χ3n) is 4.55. The predicted molar refractivity (Wildman–Crippen MR) is 94.9 cm³/mol. The molecule has 1 amide bonds. The number of nitrogens with zero attached hydrogens (tertiary/aromatic N) is 1. The third-order valence-corrected chi connectivity index (χ3v) is 6.49. The highest BCUT2D eigenvalue weighted by Gasteiger charge is 2.50. The fourth-order valence-electron chi connectivity index (χ4n) is 3.38. The average Bonchev–Trinajstić information content (AvgIpc) is 2.76. The van der Waals surface area contributed by atoms with Gasteiger partial charge in [-0.3, -0.25) is 4.79 Å². The zero-order valence-electron chi connectivity index (χ0n) is 14.1. The molecule has 2 aromatic carbocycles. The number of rotatable bonds is 4. The topological polar surface area (TPSA) is 54.5 Å². The van der Waals surface area contributed by atoms with E-state index >= 15 is 0 Å². The van der Waals surface area contributed by atoms with Crippen LogP contribution in [-0.2, 0) is 20.0 Å². The molecular weight excluding hydrogens is 322 g/mol. The molecule has 3 rings (SSSR count). The average molecular weight is 343 g/mol. The molecule has 4 nitrogen and oxygen atoms in total. The van der Waals surface area contributed by atoms with Crippen molar-refractivity contribution in [3.8, 4) is 0 Å². The predicted octanol–water partition coefficient (Wildman–Crippen LogP) is 3.17. The maximum Gasteiger partial charge on any atom is 0.238 e. The van der Waals surface area contributed by atoms with Gasteiger partial charge in [0.05, 0.1) is 16.1 Å². The molecule has 2 aromatic rings. The molecule has 1 heterocycles. The van der Waals surface area contributed by atoms with Gasteiger partial charge in [-0.15, -0.1) is 0 Å². The summed E-state index contributed by atoms with van der Waals surface area (Å²) < 4.78 is 25.7. The lowest BCUT2D eigenvalue weighted by atomic mass is 9.86. The quantitative estimate of drug-likeness (QED) is 0.857. The molecule has 0 spiro atoms. The number of carbonyl (C=O) groups excluding carboxylic acids is 1. The van der Waals surface area contributed by atoms with Crippen molar-refractivity contribution in [1.82, 2.24) is 0 Å². The normalized spacial score (nSPS) is 20.5. The van der Waals surface area contributed by atoms with Crippen LogP contribution in [0.4, 0.5) is 5.69 Å². The Bertz CT molecular complexity index is 874. The van der Waals surface area contributed by atoms with Crippen LogP contribution in [0.25, 0.3) is 0 Å². The summed E-state index contributed by atoms with van der Waals surface area (Å²) in [6.45, 7) is 5.61. The molecule has 1 atom stereocenters. The second-order valence-electron chi connectivity index (χ2n) is 6.69. The van der Waals surface area contributed by atoms with Crippen molar-refractivity contribution in [2.75, 3.05) is 10.7 Å². The number of sulfone groups is 1. The van der Waals surface area contributed by atoms with Gasteiger partial charge in [0.15, 0.2) is 9.84 Å². The van der Waals surface area contributed by atoms with Gasteiger partial charge in [-0.1, -0.05) is 36.4 Å². The first-order valence-corrected chi connectivity index (χ1v) is 9.63. The lowest BCUT2D eigenvalue weighted by molar-refractivity contribution is -0.122. The lowest BCUT2D eigenvalue weighted by Crippen LogP contribution is -2.45. The summed E-state index contributed by atoms with van der Waals surface area (Å²) in [7, 11) is -3.57. The number of carbonyl (C=O) groups is 1. The van der Waals surface area contributed by atoms with E-state index in [4.69, 9.17) is 0 Å². The van der Waals surface area contributed by atoms with Gasteiger partial charge in [-0.05, 0) is 44.5 Å². The van der Waals surface area contributed by atoms with Gasteiger partial charge < -0.3 is 4.90 Å². The second-order valence-corrected chi connectivity index (χ2v) is 8.68. The van der Waals surface area contributed by atoms with Gasteiger partial charge in [0.25, 0.3) is 0 Å². The number of benzene rings is 2. The maximum absolute atomic E-state index is 13.1. The molecule has 1 aliphatic heterocycles. The summed E-state index contributed by atoms with van der Waals surface area (Å²) in [4.78, 5) is 15.0. The van der Waals surface area contributed by atoms with E-state index in [1.165, 1.54) is 0 Å². The van der Waals surface area contributed by atoms with E-state index in [9.17, 15) is 13.2 Å². The fraction of sp³-hybridized carbons (Fsp3) is 0.316. The van der Waals surface area contributed by atoms with Crippen LogP contribution in [0.1, 0.15) is 26.3 Å². The monoisotopic (exact) mass is 343 g/mol. The molecule has 0 saturated carbocycles. The number of amides is 1. The lowest BCUT2D eigenvalue weighted by Gasteiger charge is -2.26. The van der Waals surface area contributed by atoms with Gasteiger partial charge in [-0.25, -0.2) is 8.42 Å². The zero-order valence-corrected chi connectivity index (χ0v) is 14.9. The van der Waals surface area contributed by atoms with Gasteiger partial charge in [0, 0.05) is 11.7 Å². The smallest absolute Gasteiger partial charge is 0.238 e. The number of fused-ring (bicyclic) bond motifs is 1. The largest absolute Gasteiger partial charge is 0.309 e. The molecule has 0 aliphatic carbocycles. The number of hydrogen-bond acceptors (Lipinski definition) is 3. The van der Waals surface area contributed by atoms with Crippen LogP contribution in [0.3, 0.4) is 0 Å². The van der Waals surface area contributed by atoms with Crippen molar-refractivity contribution in [1.29, 1.82) is 0 Å². The van der Waals surface area contributed by atoms with Crippen LogP contribution in [0.5, 0.6) is 0 Å². The van der Waals surface area contributed by atoms with E-state index in [1.807, 2.05) is 38.1 Å². The number of para-hydroxylation sites is 1. The Morgan fingerprint density at radius 2 is 1.58 bits per heavy atom. The first-order chi connectivity index (χ1) is 11.3. The minimum Gasteiger partial charge on any atom is -0.309 e. The molecular formula is C19H21NO3S. The highest BCUT2D eigenvalue weighted by molar-refractivity contribution is 7.91. The Labute approximate surface area is 143 Å². The molecule has 0 radical (unpaired) electrons. The summed E-state index contributed by atoms with van der Waals surface area (Å²) in [6, 6.07) is 15.7. The first-order valence-electron chi connectivity index (χ1n) is 7.98. The molecule has 126 valence electrons. The summed E-state index contributed by atoms with van der Waals surface area (Å²) in [5.41, 5.74) is 0.515. The Morgan fingerprint density at radius 1 is 1.00 bits per heavy atom. The molecule has 0 saturated heterocycles. The van der Waals surface area contributed by atoms with E-state index in [2.05, 4.69) is 0 Å². The van der Waals surface area contributed by atoms with Crippen LogP contribution in [0, 0.1) is 0 Å². The third kappa shape index (κ3) is 2.53. The number of hydrogen-bond donors (Lipinski definition) is 0.